The second kappa shape index (κ2) is 11.0. The highest BCUT2D eigenvalue weighted by atomic mass is 32.1. The first kappa shape index (κ1) is 28.3. The van der Waals surface area contributed by atoms with Crippen LogP contribution in [0.5, 0.6) is 0 Å². The minimum atomic E-state index is 1.14. The van der Waals surface area contributed by atoms with Gasteiger partial charge in [-0.05, 0) is 117 Å². The van der Waals surface area contributed by atoms with Gasteiger partial charge in [-0.2, -0.15) is 0 Å². The number of nitrogens with zero attached hydrogens (tertiary/aromatic N) is 1. The van der Waals surface area contributed by atoms with E-state index in [0.29, 0.717) is 0 Å². The molecule has 0 atom stereocenters. The summed E-state index contributed by atoms with van der Waals surface area (Å²) in [6.07, 6.45) is 0. The van der Waals surface area contributed by atoms with E-state index < -0.39 is 0 Å². The van der Waals surface area contributed by atoms with Crippen LogP contribution in [0.15, 0.2) is 164 Å². The number of benzene rings is 8. The second-order valence-corrected chi connectivity index (χ2v) is 16.2. The Morgan fingerprint density at radius 1 is 0.300 bits per heavy atom. The lowest BCUT2D eigenvalue weighted by atomic mass is 10.0. The van der Waals surface area contributed by atoms with Gasteiger partial charge in [-0.3, -0.25) is 0 Å². The van der Waals surface area contributed by atoms with Gasteiger partial charge in [0.1, 0.15) is 0 Å². The van der Waals surface area contributed by atoms with Crippen LogP contribution < -0.4 is 4.90 Å². The van der Waals surface area contributed by atoms with Gasteiger partial charge in [0.05, 0.1) is 0 Å². The van der Waals surface area contributed by atoms with Gasteiger partial charge in [-0.15, -0.1) is 34.0 Å². The monoisotopic (exact) mass is 689 g/mol. The van der Waals surface area contributed by atoms with Crippen molar-refractivity contribution in [2.45, 2.75) is 0 Å². The van der Waals surface area contributed by atoms with E-state index in [9.17, 15) is 0 Å². The molecule has 0 aliphatic rings. The molecule has 234 valence electrons. The van der Waals surface area contributed by atoms with E-state index in [1.54, 1.807) is 0 Å². The minimum absolute atomic E-state index is 1.14. The Hall–Kier alpha value is -5.52. The molecule has 11 aromatic rings. The average molecular weight is 690 g/mol. The zero-order chi connectivity index (χ0) is 32.8. The van der Waals surface area contributed by atoms with Gasteiger partial charge >= 0.3 is 0 Å². The van der Waals surface area contributed by atoms with E-state index >= 15 is 0 Å². The predicted octanol–water partition coefficient (Wildman–Crippen LogP) is 15.1. The fourth-order valence-corrected chi connectivity index (χ4v) is 10.9. The highest BCUT2D eigenvalue weighted by Crippen LogP contribution is 2.43. The minimum Gasteiger partial charge on any atom is -0.310 e. The molecule has 0 aliphatic carbocycles. The average Bonchev–Trinajstić information content (AvgIpc) is 3.86. The molecule has 0 saturated carbocycles. The fourth-order valence-electron chi connectivity index (χ4n) is 7.54. The van der Waals surface area contributed by atoms with Gasteiger partial charge < -0.3 is 4.90 Å². The summed E-state index contributed by atoms with van der Waals surface area (Å²) >= 11 is 5.61. The molecule has 0 amide bonds. The molecule has 3 heterocycles. The molecule has 0 spiro atoms. The standard InChI is InChI=1S/C46H27NS3/c1-4-10-41-31(7-1)25-44(48-41)28-13-17-34(18-14-28)47(35-19-15-29-23-39-37-8-2-5-11-42(37)49-45(39)26-32(29)21-35)36-20-16-30-24-40-38-9-3-6-12-43(38)50-46(40)27-33(30)22-36/h1-27H. The first-order valence-electron chi connectivity index (χ1n) is 16.8. The molecule has 8 aromatic carbocycles. The predicted molar refractivity (Wildman–Crippen MR) is 223 cm³/mol. The first-order chi connectivity index (χ1) is 24.7. The van der Waals surface area contributed by atoms with Crippen LogP contribution >= 0.6 is 34.0 Å². The van der Waals surface area contributed by atoms with Crippen molar-refractivity contribution in [3.8, 4) is 10.4 Å². The third-order valence-electron chi connectivity index (χ3n) is 9.99. The molecule has 0 saturated heterocycles. The summed E-state index contributed by atoms with van der Waals surface area (Å²) in [6, 6.07) is 60.9. The van der Waals surface area contributed by atoms with Crippen LogP contribution in [-0.4, -0.2) is 0 Å². The number of fused-ring (bicyclic) bond motifs is 9. The molecule has 0 radical (unpaired) electrons. The Kier molecular flexibility index (Phi) is 6.23. The summed E-state index contributed by atoms with van der Waals surface area (Å²) in [7, 11) is 0. The lowest BCUT2D eigenvalue weighted by Crippen LogP contribution is -2.09. The molecule has 11 rings (SSSR count). The zero-order valence-electron chi connectivity index (χ0n) is 26.8. The molecule has 0 bridgehead atoms. The van der Waals surface area contributed by atoms with Crippen molar-refractivity contribution in [2.75, 3.05) is 4.90 Å². The SMILES string of the molecule is c1ccc2sc(-c3ccc(N(c4ccc5cc6c(cc5c4)sc4ccccc46)c4ccc5cc6c(cc5c4)sc4ccccc46)cc3)cc2c1. The number of thiophene rings is 3. The second-order valence-electron chi connectivity index (χ2n) is 13.0. The summed E-state index contributed by atoms with van der Waals surface area (Å²) in [4.78, 5) is 3.71. The Bertz CT molecular complexity index is 2920. The van der Waals surface area contributed by atoms with Gasteiger partial charge in [0.2, 0.25) is 0 Å². The highest BCUT2D eigenvalue weighted by Gasteiger charge is 2.16. The zero-order valence-corrected chi connectivity index (χ0v) is 29.2. The van der Waals surface area contributed by atoms with Gasteiger partial charge in [0.15, 0.2) is 0 Å². The molecule has 0 N–H and O–H groups in total. The van der Waals surface area contributed by atoms with Crippen LogP contribution in [0, 0.1) is 0 Å². The van der Waals surface area contributed by atoms with Crippen LogP contribution in [0.1, 0.15) is 0 Å². The van der Waals surface area contributed by atoms with Gasteiger partial charge in [0, 0.05) is 67.0 Å². The van der Waals surface area contributed by atoms with E-state index in [1.807, 2.05) is 34.0 Å². The van der Waals surface area contributed by atoms with Crippen molar-refractivity contribution in [1.29, 1.82) is 0 Å². The maximum Gasteiger partial charge on any atom is 0.0468 e. The number of rotatable bonds is 4. The molecule has 0 aliphatic heterocycles. The molecule has 50 heavy (non-hydrogen) atoms. The summed E-state index contributed by atoms with van der Waals surface area (Å²) < 4.78 is 6.65. The topological polar surface area (TPSA) is 3.24 Å². The molecular formula is C46H27NS3. The van der Waals surface area contributed by atoms with E-state index in [0.717, 1.165) is 17.1 Å². The quantitative estimate of drug-likeness (QED) is 0.178. The van der Waals surface area contributed by atoms with Crippen LogP contribution in [0.2, 0.25) is 0 Å². The van der Waals surface area contributed by atoms with Crippen molar-refractivity contribution >= 4 is 123 Å². The molecule has 1 nitrogen and oxygen atoms in total. The van der Waals surface area contributed by atoms with Crippen LogP contribution in [0.4, 0.5) is 17.1 Å². The Morgan fingerprint density at radius 2 is 0.820 bits per heavy atom. The van der Waals surface area contributed by atoms with Crippen molar-refractivity contribution in [3.63, 3.8) is 0 Å². The third kappa shape index (κ3) is 4.50. The third-order valence-corrected chi connectivity index (χ3v) is 13.4. The van der Waals surface area contributed by atoms with Crippen molar-refractivity contribution in [2.24, 2.45) is 0 Å². The lowest BCUT2D eigenvalue weighted by Gasteiger charge is -2.26. The number of hydrogen-bond acceptors (Lipinski definition) is 4. The molecule has 0 unspecified atom stereocenters. The van der Waals surface area contributed by atoms with Crippen molar-refractivity contribution in [3.05, 3.63) is 164 Å². The van der Waals surface area contributed by atoms with Crippen LogP contribution in [0.25, 0.3) is 82.4 Å². The lowest BCUT2D eigenvalue weighted by molar-refractivity contribution is 1.30. The van der Waals surface area contributed by atoms with Crippen LogP contribution in [0.3, 0.4) is 0 Å². The summed E-state index contributed by atoms with van der Waals surface area (Å²) in [5, 5.41) is 11.7. The van der Waals surface area contributed by atoms with E-state index in [2.05, 4.69) is 169 Å². The van der Waals surface area contributed by atoms with E-state index in [4.69, 9.17) is 0 Å². The maximum absolute atomic E-state index is 2.41. The summed E-state index contributed by atoms with van der Waals surface area (Å²) in [5.74, 6) is 0. The van der Waals surface area contributed by atoms with Crippen molar-refractivity contribution < 1.29 is 0 Å². The summed E-state index contributed by atoms with van der Waals surface area (Å²) in [5.41, 5.74) is 4.68. The van der Waals surface area contributed by atoms with E-state index in [-0.39, 0.29) is 0 Å². The Balaban J connectivity index is 1.08. The maximum atomic E-state index is 2.41. The highest BCUT2D eigenvalue weighted by molar-refractivity contribution is 7.26. The van der Waals surface area contributed by atoms with Gasteiger partial charge in [-0.1, -0.05) is 78.9 Å². The summed E-state index contributed by atoms with van der Waals surface area (Å²) in [6.45, 7) is 0. The number of anilines is 3. The molecule has 0 fully saturated rings. The fraction of sp³-hybridized carbons (Fsp3) is 0. The Labute approximate surface area is 300 Å². The molecule has 4 heteroatoms. The molecular weight excluding hydrogens is 663 g/mol. The van der Waals surface area contributed by atoms with E-state index in [1.165, 1.54) is 82.4 Å². The van der Waals surface area contributed by atoms with Crippen molar-refractivity contribution in [1.82, 2.24) is 0 Å². The van der Waals surface area contributed by atoms with Gasteiger partial charge in [0.25, 0.3) is 0 Å². The Morgan fingerprint density at radius 3 is 1.40 bits per heavy atom. The van der Waals surface area contributed by atoms with Crippen LogP contribution in [-0.2, 0) is 0 Å². The van der Waals surface area contributed by atoms with Gasteiger partial charge in [-0.25, -0.2) is 0 Å². The smallest absolute Gasteiger partial charge is 0.0468 e. The largest absolute Gasteiger partial charge is 0.310 e. The first-order valence-corrected chi connectivity index (χ1v) is 19.3. The normalized spacial score (nSPS) is 12.0. The number of hydrogen-bond donors (Lipinski definition) is 0. The molecule has 3 aromatic heterocycles.